The van der Waals surface area contributed by atoms with Gasteiger partial charge in [-0.25, -0.2) is 0 Å². The van der Waals surface area contributed by atoms with Crippen LogP contribution in [0.4, 0.5) is 0 Å². The number of thiophene rings is 1. The molecule has 0 aliphatic carbocycles. The molecule has 0 unspecified atom stereocenters. The molecule has 5 heteroatoms. The number of halogens is 2. The van der Waals surface area contributed by atoms with Crippen LogP contribution in [-0.2, 0) is 6.61 Å². The smallest absolute Gasteiger partial charge is 0.100 e. The van der Waals surface area contributed by atoms with E-state index >= 15 is 0 Å². The third-order valence-electron chi connectivity index (χ3n) is 1.65. The van der Waals surface area contributed by atoms with Gasteiger partial charge < -0.3 is 5.11 Å². The van der Waals surface area contributed by atoms with Gasteiger partial charge in [0.1, 0.15) is 5.52 Å². The molecule has 0 fully saturated rings. The van der Waals surface area contributed by atoms with E-state index in [1.807, 2.05) is 6.07 Å². The molecular formula is C8H5BrClNOS. The molecular weight excluding hydrogens is 274 g/mol. The lowest BCUT2D eigenvalue weighted by atomic mass is 10.4. The Labute approximate surface area is 92.3 Å². The van der Waals surface area contributed by atoms with Crippen LogP contribution < -0.4 is 0 Å². The van der Waals surface area contributed by atoms with E-state index in [-0.39, 0.29) is 6.61 Å². The summed E-state index contributed by atoms with van der Waals surface area (Å²) in [5.74, 6) is 0. The van der Waals surface area contributed by atoms with Gasteiger partial charge in [-0.2, -0.15) is 0 Å². The molecule has 2 aromatic rings. The highest BCUT2D eigenvalue weighted by atomic mass is 79.9. The quantitative estimate of drug-likeness (QED) is 0.869. The number of rotatable bonds is 1. The first-order valence-corrected chi connectivity index (χ1v) is 5.54. The van der Waals surface area contributed by atoms with Crippen LogP contribution in [0, 0.1) is 0 Å². The van der Waals surface area contributed by atoms with Gasteiger partial charge in [-0.3, -0.25) is 4.98 Å². The maximum Gasteiger partial charge on any atom is 0.100 e. The molecule has 0 aliphatic heterocycles. The van der Waals surface area contributed by atoms with E-state index < -0.39 is 0 Å². The summed E-state index contributed by atoms with van der Waals surface area (Å²) >= 11 is 10.8. The van der Waals surface area contributed by atoms with Crippen molar-refractivity contribution in [3.05, 3.63) is 26.6 Å². The molecule has 0 bridgehead atoms. The molecule has 0 aliphatic rings. The molecule has 0 saturated heterocycles. The van der Waals surface area contributed by atoms with Crippen molar-refractivity contribution in [1.29, 1.82) is 0 Å². The maximum absolute atomic E-state index is 8.98. The summed E-state index contributed by atoms with van der Waals surface area (Å²) < 4.78 is 1.91. The van der Waals surface area contributed by atoms with Gasteiger partial charge in [0.2, 0.25) is 0 Å². The van der Waals surface area contributed by atoms with E-state index in [0.29, 0.717) is 5.02 Å². The van der Waals surface area contributed by atoms with Crippen LogP contribution in [0.1, 0.15) is 4.88 Å². The van der Waals surface area contributed by atoms with Crippen LogP contribution in [0.5, 0.6) is 0 Å². The molecule has 0 aromatic carbocycles. The van der Waals surface area contributed by atoms with E-state index in [1.165, 1.54) is 11.3 Å². The minimum atomic E-state index is -0.0303. The molecule has 1 N–H and O–H groups in total. The number of aliphatic hydroxyl groups excluding tert-OH is 1. The first-order chi connectivity index (χ1) is 6.22. The Hall–Kier alpha value is -0.160. The van der Waals surface area contributed by atoms with E-state index in [0.717, 1.165) is 19.6 Å². The average molecular weight is 279 g/mol. The number of hydrogen-bond donors (Lipinski definition) is 1. The zero-order valence-corrected chi connectivity index (χ0v) is 9.58. The topological polar surface area (TPSA) is 33.1 Å². The van der Waals surface area contributed by atoms with Gasteiger partial charge in [0.05, 0.1) is 21.2 Å². The van der Waals surface area contributed by atoms with Crippen molar-refractivity contribution in [3.8, 4) is 0 Å². The minimum absolute atomic E-state index is 0.0303. The molecule has 2 nitrogen and oxygen atoms in total. The van der Waals surface area contributed by atoms with Gasteiger partial charge in [0, 0.05) is 10.7 Å². The number of aromatic nitrogens is 1. The second kappa shape index (κ2) is 3.53. The second-order valence-corrected chi connectivity index (χ2v) is 4.93. The first-order valence-electron chi connectivity index (χ1n) is 3.55. The summed E-state index contributed by atoms with van der Waals surface area (Å²) in [4.78, 5) is 4.94. The van der Waals surface area contributed by atoms with E-state index in [9.17, 15) is 0 Å². The fourth-order valence-electron chi connectivity index (χ4n) is 1.07. The SMILES string of the molecule is OCc1sc2cc(Br)cnc2c1Cl. The van der Waals surface area contributed by atoms with Crippen LogP contribution in [0.15, 0.2) is 16.7 Å². The third kappa shape index (κ3) is 1.59. The average Bonchev–Trinajstić information content (AvgIpc) is 2.42. The molecule has 2 aromatic heterocycles. The predicted molar refractivity (Wildman–Crippen MR) is 58.3 cm³/mol. The summed E-state index contributed by atoms with van der Waals surface area (Å²) in [6, 6.07) is 1.94. The normalized spacial score (nSPS) is 11.0. The highest BCUT2D eigenvalue weighted by Gasteiger charge is 2.10. The van der Waals surface area contributed by atoms with Gasteiger partial charge in [-0.15, -0.1) is 11.3 Å². The molecule has 0 radical (unpaired) electrons. The van der Waals surface area contributed by atoms with Crippen LogP contribution >= 0.6 is 38.9 Å². The largest absolute Gasteiger partial charge is 0.391 e. The molecule has 68 valence electrons. The van der Waals surface area contributed by atoms with Crippen LogP contribution in [-0.4, -0.2) is 10.1 Å². The lowest BCUT2D eigenvalue weighted by Gasteiger charge is -1.90. The predicted octanol–water partition coefficient (Wildman–Crippen LogP) is 3.20. The molecule has 0 atom stereocenters. The lowest BCUT2D eigenvalue weighted by molar-refractivity contribution is 0.285. The Morgan fingerprint density at radius 3 is 3.08 bits per heavy atom. The van der Waals surface area contributed by atoms with Crippen molar-refractivity contribution in [3.63, 3.8) is 0 Å². The Kier molecular flexibility index (Phi) is 2.55. The van der Waals surface area contributed by atoms with Crippen molar-refractivity contribution >= 4 is 49.1 Å². The van der Waals surface area contributed by atoms with Crippen molar-refractivity contribution in [1.82, 2.24) is 4.98 Å². The molecule has 0 spiro atoms. The number of pyridine rings is 1. The Balaban J connectivity index is 2.76. The summed E-state index contributed by atoms with van der Waals surface area (Å²) in [5, 5.41) is 9.54. The Morgan fingerprint density at radius 2 is 2.38 bits per heavy atom. The monoisotopic (exact) mass is 277 g/mol. The number of aliphatic hydroxyl groups is 1. The fourth-order valence-corrected chi connectivity index (χ4v) is 2.89. The van der Waals surface area contributed by atoms with Gasteiger partial charge in [0.15, 0.2) is 0 Å². The van der Waals surface area contributed by atoms with Crippen molar-refractivity contribution in [2.24, 2.45) is 0 Å². The van der Waals surface area contributed by atoms with Gasteiger partial charge in [-0.05, 0) is 22.0 Å². The zero-order valence-electron chi connectivity index (χ0n) is 6.42. The van der Waals surface area contributed by atoms with Crippen LogP contribution in [0.3, 0.4) is 0 Å². The lowest BCUT2D eigenvalue weighted by Crippen LogP contribution is -1.76. The van der Waals surface area contributed by atoms with Crippen molar-refractivity contribution < 1.29 is 5.11 Å². The maximum atomic E-state index is 8.98. The highest BCUT2D eigenvalue weighted by Crippen LogP contribution is 2.34. The fraction of sp³-hybridized carbons (Fsp3) is 0.125. The van der Waals surface area contributed by atoms with E-state index in [2.05, 4.69) is 20.9 Å². The molecule has 0 amide bonds. The van der Waals surface area contributed by atoms with Gasteiger partial charge >= 0.3 is 0 Å². The summed E-state index contributed by atoms with van der Waals surface area (Å²) in [6.07, 6.45) is 1.70. The van der Waals surface area contributed by atoms with E-state index in [1.54, 1.807) is 6.20 Å². The summed E-state index contributed by atoms with van der Waals surface area (Å²) in [7, 11) is 0. The number of hydrogen-bond acceptors (Lipinski definition) is 3. The van der Waals surface area contributed by atoms with Gasteiger partial charge in [-0.1, -0.05) is 11.6 Å². The number of nitrogens with zero attached hydrogens (tertiary/aromatic N) is 1. The summed E-state index contributed by atoms with van der Waals surface area (Å²) in [6.45, 7) is -0.0303. The molecule has 0 saturated carbocycles. The zero-order chi connectivity index (χ0) is 9.42. The minimum Gasteiger partial charge on any atom is -0.391 e. The van der Waals surface area contributed by atoms with Crippen molar-refractivity contribution in [2.45, 2.75) is 6.61 Å². The third-order valence-corrected chi connectivity index (χ3v) is 3.71. The number of fused-ring (bicyclic) bond motifs is 1. The van der Waals surface area contributed by atoms with E-state index in [4.69, 9.17) is 16.7 Å². The first kappa shape index (κ1) is 9.40. The Bertz CT molecular complexity index is 457. The van der Waals surface area contributed by atoms with Crippen LogP contribution in [0.25, 0.3) is 10.2 Å². The standard InChI is InChI=1S/C8H5BrClNOS/c9-4-1-5-8(11-2-4)7(10)6(3-12)13-5/h1-2,12H,3H2. The van der Waals surface area contributed by atoms with Gasteiger partial charge in [0.25, 0.3) is 0 Å². The second-order valence-electron chi connectivity index (χ2n) is 2.50. The molecule has 2 heterocycles. The molecule has 13 heavy (non-hydrogen) atoms. The van der Waals surface area contributed by atoms with Crippen LogP contribution in [0.2, 0.25) is 5.02 Å². The van der Waals surface area contributed by atoms with Crippen molar-refractivity contribution in [2.75, 3.05) is 0 Å². The highest BCUT2D eigenvalue weighted by molar-refractivity contribution is 9.10. The Morgan fingerprint density at radius 1 is 1.62 bits per heavy atom. The molecule has 2 rings (SSSR count). The summed E-state index contributed by atoms with van der Waals surface area (Å²) in [5.41, 5.74) is 0.763.